The third-order valence-electron chi connectivity index (χ3n) is 2.89. The van der Waals surface area contributed by atoms with Crippen molar-refractivity contribution in [3.05, 3.63) is 52.6 Å². The fourth-order valence-electron chi connectivity index (χ4n) is 2.04. The van der Waals surface area contributed by atoms with Crippen LogP contribution in [0.3, 0.4) is 0 Å². The van der Waals surface area contributed by atoms with Crippen molar-refractivity contribution in [2.45, 2.75) is 20.4 Å². The average molecular weight is 261 g/mol. The fraction of sp³-hybridized carbons (Fsp3) is 0.267. The molecule has 4 heteroatoms. The molecule has 1 heterocycles. The summed E-state index contributed by atoms with van der Waals surface area (Å²) in [5, 5.41) is 0. The fourth-order valence-corrected chi connectivity index (χ4v) is 2.04. The molecule has 2 aromatic rings. The number of halogens is 1. The minimum absolute atomic E-state index is 0.131. The van der Waals surface area contributed by atoms with Crippen LogP contribution in [0.15, 0.2) is 41.2 Å². The van der Waals surface area contributed by atoms with E-state index >= 15 is 0 Å². The summed E-state index contributed by atoms with van der Waals surface area (Å²) in [5.74, 6) is 0.101. The van der Waals surface area contributed by atoms with Crippen LogP contribution in [0.4, 0.5) is 4.39 Å². The van der Waals surface area contributed by atoms with Gasteiger partial charge in [-0.15, -0.1) is 0 Å². The van der Waals surface area contributed by atoms with Gasteiger partial charge in [-0.05, 0) is 32.0 Å². The van der Waals surface area contributed by atoms with Gasteiger partial charge in [0.2, 0.25) is 0 Å². The number of ether oxygens (including phenoxy) is 1. The predicted molar refractivity (Wildman–Crippen MR) is 72.9 cm³/mol. The molecular weight excluding hydrogens is 245 g/mol. The van der Waals surface area contributed by atoms with E-state index in [4.69, 9.17) is 4.74 Å². The molecule has 0 aliphatic carbocycles. The molecule has 0 atom stereocenters. The summed E-state index contributed by atoms with van der Waals surface area (Å²) < 4.78 is 20.9. The maximum absolute atomic E-state index is 14.1. The van der Waals surface area contributed by atoms with Crippen molar-refractivity contribution < 1.29 is 9.13 Å². The van der Waals surface area contributed by atoms with E-state index in [-0.39, 0.29) is 5.56 Å². The SMILES string of the molecule is CCOc1ccc(-c2cccc(=O)n2CC)c(F)c1. The average Bonchev–Trinajstić information content (AvgIpc) is 2.39. The third-order valence-corrected chi connectivity index (χ3v) is 2.89. The van der Waals surface area contributed by atoms with Crippen molar-refractivity contribution >= 4 is 0 Å². The van der Waals surface area contributed by atoms with Crippen LogP contribution in [-0.2, 0) is 6.54 Å². The van der Waals surface area contributed by atoms with E-state index < -0.39 is 5.82 Å². The zero-order valence-electron chi connectivity index (χ0n) is 11.0. The van der Waals surface area contributed by atoms with Gasteiger partial charge in [0.15, 0.2) is 0 Å². The molecule has 0 bridgehead atoms. The van der Waals surface area contributed by atoms with E-state index in [2.05, 4.69) is 0 Å². The van der Waals surface area contributed by atoms with Gasteiger partial charge < -0.3 is 9.30 Å². The summed E-state index contributed by atoms with van der Waals surface area (Å²) in [4.78, 5) is 11.7. The summed E-state index contributed by atoms with van der Waals surface area (Å²) in [6.45, 7) is 4.70. The first-order valence-electron chi connectivity index (χ1n) is 6.30. The summed E-state index contributed by atoms with van der Waals surface area (Å²) in [5.41, 5.74) is 0.854. The second-order valence-corrected chi connectivity index (χ2v) is 4.07. The zero-order chi connectivity index (χ0) is 13.8. The highest BCUT2D eigenvalue weighted by atomic mass is 19.1. The van der Waals surface area contributed by atoms with Crippen LogP contribution in [0.2, 0.25) is 0 Å². The monoisotopic (exact) mass is 261 g/mol. The topological polar surface area (TPSA) is 31.2 Å². The van der Waals surface area contributed by atoms with Crippen molar-refractivity contribution in [1.82, 2.24) is 4.57 Å². The van der Waals surface area contributed by atoms with Gasteiger partial charge in [-0.3, -0.25) is 4.79 Å². The summed E-state index contributed by atoms with van der Waals surface area (Å²) in [6.07, 6.45) is 0. The maximum Gasteiger partial charge on any atom is 0.250 e. The van der Waals surface area contributed by atoms with E-state index in [0.29, 0.717) is 30.2 Å². The lowest BCUT2D eigenvalue weighted by Crippen LogP contribution is -2.19. The van der Waals surface area contributed by atoms with E-state index in [9.17, 15) is 9.18 Å². The molecule has 3 nitrogen and oxygen atoms in total. The molecule has 1 aromatic carbocycles. The Morgan fingerprint density at radius 2 is 2.00 bits per heavy atom. The number of hydrogen-bond acceptors (Lipinski definition) is 2. The van der Waals surface area contributed by atoms with Gasteiger partial charge in [-0.1, -0.05) is 6.07 Å². The van der Waals surface area contributed by atoms with E-state index in [0.717, 1.165) is 0 Å². The van der Waals surface area contributed by atoms with Gasteiger partial charge in [0, 0.05) is 24.2 Å². The molecule has 0 radical (unpaired) electrons. The van der Waals surface area contributed by atoms with E-state index in [1.165, 1.54) is 12.1 Å². The quantitative estimate of drug-likeness (QED) is 0.847. The number of pyridine rings is 1. The Hall–Kier alpha value is -2.10. The Bertz CT molecular complexity index is 634. The molecule has 2 rings (SSSR count). The molecule has 0 saturated heterocycles. The number of aromatic nitrogens is 1. The Morgan fingerprint density at radius 3 is 2.63 bits per heavy atom. The van der Waals surface area contributed by atoms with Gasteiger partial charge in [-0.25, -0.2) is 4.39 Å². The second-order valence-electron chi connectivity index (χ2n) is 4.07. The number of benzene rings is 1. The summed E-state index contributed by atoms with van der Waals surface area (Å²) in [7, 11) is 0. The maximum atomic E-state index is 14.1. The third kappa shape index (κ3) is 2.67. The van der Waals surface area contributed by atoms with Crippen molar-refractivity contribution in [2.24, 2.45) is 0 Å². The molecule has 0 fully saturated rings. The van der Waals surface area contributed by atoms with Crippen molar-refractivity contribution in [3.8, 4) is 17.0 Å². The van der Waals surface area contributed by atoms with Gasteiger partial charge in [0.05, 0.1) is 12.3 Å². The molecule has 0 unspecified atom stereocenters. The normalized spacial score (nSPS) is 10.5. The molecule has 0 amide bonds. The first kappa shape index (κ1) is 13.3. The highest BCUT2D eigenvalue weighted by Gasteiger charge is 2.10. The second kappa shape index (κ2) is 5.69. The van der Waals surface area contributed by atoms with Crippen molar-refractivity contribution in [3.63, 3.8) is 0 Å². The molecule has 0 N–H and O–H groups in total. The summed E-state index contributed by atoms with van der Waals surface area (Å²) in [6, 6.07) is 9.54. The lowest BCUT2D eigenvalue weighted by atomic mass is 10.1. The minimum atomic E-state index is -0.390. The molecule has 0 aliphatic rings. The lowest BCUT2D eigenvalue weighted by molar-refractivity contribution is 0.338. The standard InChI is InChI=1S/C15H16FNO2/c1-3-17-14(6-5-7-15(17)18)12-9-8-11(19-4-2)10-13(12)16/h5-10H,3-4H2,1-2H3. The molecule has 0 aliphatic heterocycles. The molecule has 19 heavy (non-hydrogen) atoms. The van der Waals surface area contributed by atoms with Gasteiger partial charge in [-0.2, -0.15) is 0 Å². The van der Waals surface area contributed by atoms with Gasteiger partial charge in [0.25, 0.3) is 5.56 Å². The van der Waals surface area contributed by atoms with Crippen molar-refractivity contribution in [2.75, 3.05) is 6.61 Å². The smallest absolute Gasteiger partial charge is 0.250 e. The lowest BCUT2D eigenvalue weighted by Gasteiger charge is -2.12. The molecular formula is C15H16FNO2. The Morgan fingerprint density at radius 1 is 1.21 bits per heavy atom. The molecule has 1 aromatic heterocycles. The molecule has 0 spiro atoms. The first-order valence-corrected chi connectivity index (χ1v) is 6.30. The van der Waals surface area contributed by atoms with Crippen LogP contribution in [-0.4, -0.2) is 11.2 Å². The van der Waals surface area contributed by atoms with Gasteiger partial charge in [0.1, 0.15) is 11.6 Å². The zero-order valence-corrected chi connectivity index (χ0v) is 11.0. The van der Waals surface area contributed by atoms with E-state index in [1.54, 1.807) is 28.8 Å². The van der Waals surface area contributed by atoms with Crippen LogP contribution in [0.1, 0.15) is 13.8 Å². The highest BCUT2D eigenvalue weighted by molar-refractivity contribution is 5.61. The largest absolute Gasteiger partial charge is 0.494 e. The van der Waals surface area contributed by atoms with Crippen LogP contribution >= 0.6 is 0 Å². The Labute approximate surface area is 111 Å². The minimum Gasteiger partial charge on any atom is -0.494 e. The van der Waals surface area contributed by atoms with Gasteiger partial charge >= 0.3 is 0 Å². The molecule has 100 valence electrons. The number of hydrogen-bond donors (Lipinski definition) is 0. The van der Waals surface area contributed by atoms with Crippen LogP contribution in [0.25, 0.3) is 11.3 Å². The number of rotatable bonds is 4. The number of nitrogens with zero attached hydrogens (tertiary/aromatic N) is 1. The first-order chi connectivity index (χ1) is 9.17. The van der Waals surface area contributed by atoms with Crippen molar-refractivity contribution in [1.29, 1.82) is 0 Å². The van der Waals surface area contributed by atoms with Crippen LogP contribution in [0.5, 0.6) is 5.75 Å². The highest BCUT2D eigenvalue weighted by Crippen LogP contribution is 2.25. The van der Waals surface area contributed by atoms with Crippen LogP contribution < -0.4 is 10.3 Å². The Kier molecular flexibility index (Phi) is 4.00. The van der Waals surface area contributed by atoms with Crippen LogP contribution in [0, 0.1) is 5.82 Å². The Balaban J connectivity index is 2.53. The van der Waals surface area contributed by atoms with E-state index in [1.807, 2.05) is 13.8 Å². The predicted octanol–water partition coefficient (Wildman–Crippen LogP) is 3.07. The summed E-state index contributed by atoms with van der Waals surface area (Å²) >= 11 is 0. The molecule has 0 saturated carbocycles.